The molecular weight excluding hydrogens is 668 g/mol. The van der Waals surface area contributed by atoms with E-state index in [2.05, 4.69) is 33.9 Å². The van der Waals surface area contributed by atoms with E-state index in [0.29, 0.717) is 77.0 Å². The maximum atomic E-state index is 15.1. The Bertz CT molecular complexity index is 2080. The van der Waals surface area contributed by atoms with Crippen molar-refractivity contribution in [1.29, 1.82) is 10.5 Å². The third-order valence-corrected chi connectivity index (χ3v) is 12.2. The fraction of sp³-hybridized carbons (Fsp3) is 0.472. The molecule has 2 N–H and O–H groups in total. The van der Waals surface area contributed by atoms with Crippen LogP contribution in [0.25, 0.3) is 32.1 Å². The summed E-state index contributed by atoms with van der Waals surface area (Å²) in [5, 5.41) is 22.3. The van der Waals surface area contributed by atoms with E-state index in [1.54, 1.807) is 6.07 Å². The van der Waals surface area contributed by atoms with Crippen LogP contribution in [0, 0.1) is 28.5 Å². The van der Waals surface area contributed by atoms with E-state index >= 15 is 4.39 Å². The fourth-order valence-corrected chi connectivity index (χ4v) is 9.86. The smallest absolute Gasteiger partial charge is 0.234 e. The minimum atomic E-state index is -0.919. The van der Waals surface area contributed by atoms with Gasteiger partial charge in [-0.3, -0.25) is 4.90 Å². The molecule has 4 aliphatic rings. The van der Waals surface area contributed by atoms with E-state index in [9.17, 15) is 14.9 Å². The molecule has 2 aromatic heterocycles. The minimum Gasteiger partial charge on any atom is -0.491 e. The van der Waals surface area contributed by atoms with Gasteiger partial charge in [0.15, 0.2) is 0 Å². The molecule has 0 spiro atoms. The number of piperidine rings is 1. The second-order valence-corrected chi connectivity index (χ2v) is 15.2. The van der Waals surface area contributed by atoms with Gasteiger partial charge in [-0.05, 0) is 69.9 Å². The van der Waals surface area contributed by atoms with Gasteiger partial charge in [0.05, 0.1) is 44.0 Å². The van der Waals surface area contributed by atoms with E-state index < -0.39 is 17.5 Å². The summed E-state index contributed by atoms with van der Waals surface area (Å²) in [5.74, 6) is 0.0824. The number of ether oxygens (including phenoxy) is 2. The van der Waals surface area contributed by atoms with Crippen molar-refractivity contribution in [2.75, 3.05) is 63.6 Å². The van der Waals surface area contributed by atoms with Gasteiger partial charge in [0.2, 0.25) is 5.88 Å². The molecule has 3 atom stereocenters. The van der Waals surface area contributed by atoms with Crippen molar-refractivity contribution in [1.82, 2.24) is 14.8 Å². The van der Waals surface area contributed by atoms with Crippen LogP contribution in [0.1, 0.15) is 49.7 Å². The van der Waals surface area contributed by atoms with Gasteiger partial charge in [0, 0.05) is 43.0 Å². The summed E-state index contributed by atoms with van der Waals surface area (Å²) in [6, 6.07) is 9.46. The Morgan fingerprint density at radius 3 is 2.76 bits per heavy atom. The SMILES string of the molecule is CN1CCCC(N2CCCOc3c(Cl)c(-c4ccc(F)c5sc(N)c(C#N)c45)cc4nc(OCC56CCCN5C[C@H](F)C6)c(C#N)c2c34)C1. The number of hydrogen-bond donors (Lipinski definition) is 1. The lowest BCUT2D eigenvalue weighted by Crippen LogP contribution is -2.48. The molecule has 13 heteroatoms. The number of likely N-dealkylation sites (N-methyl/N-ethyl adjacent to an activating group) is 1. The highest BCUT2D eigenvalue weighted by atomic mass is 35.5. The first-order chi connectivity index (χ1) is 23.7. The Kier molecular flexibility index (Phi) is 8.19. The molecule has 0 saturated carbocycles. The maximum Gasteiger partial charge on any atom is 0.234 e. The average Bonchev–Trinajstić information content (AvgIpc) is 3.72. The van der Waals surface area contributed by atoms with Crippen molar-refractivity contribution in [3.8, 4) is 34.9 Å². The zero-order valence-electron chi connectivity index (χ0n) is 27.2. The van der Waals surface area contributed by atoms with Crippen molar-refractivity contribution < 1.29 is 18.3 Å². The number of rotatable bonds is 5. The van der Waals surface area contributed by atoms with Crippen LogP contribution >= 0.6 is 22.9 Å². The number of likely N-dealkylation sites (tertiary alicyclic amines) is 1. The zero-order valence-corrected chi connectivity index (χ0v) is 28.8. The van der Waals surface area contributed by atoms with Crippen LogP contribution in [0.2, 0.25) is 5.02 Å². The average molecular weight is 704 g/mol. The molecule has 3 fully saturated rings. The number of nitriles is 2. The van der Waals surface area contributed by atoms with E-state index in [0.717, 1.165) is 56.7 Å². The minimum absolute atomic E-state index is 0.128. The number of aromatic nitrogens is 1. The monoisotopic (exact) mass is 703 g/mol. The molecular formula is C36H36ClF2N7O2S. The van der Waals surface area contributed by atoms with Crippen molar-refractivity contribution in [3.63, 3.8) is 0 Å². The molecule has 2 aromatic carbocycles. The van der Waals surface area contributed by atoms with Gasteiger partial charge in [-0.25, -0.2) is 13.8 Å². The Labute approximate surface area is 292 Å². The molecule has 0 amide bonds. The first-order valence-corrected chi connectivity index (χ1v) is 18.0. The fourth-order valence-electron chi connectivity index (χ4n) is 8.61. The number of nitrogen functional groups attached to an aromatic ring is 1. The third kappa shape index (κ3) is 5.23. The summed E-state index contributed by atoms with van der Waals surface area (Å²) < 4.78 is 43.0. The highest BCUT2D eigenvalue weighted by Crippen LogP contribution is 2.51. The number of hydrogen-bond acceptors (Lipinski definition) is 10. The lowest BCUT2D eigenvalue weighted by Gasteiger charge is -2.41. The number of nitrogens with two attached hydrogens (primary N) is 1. The van der Waals surface area contributed by atoms with Crippen LogP contribution in [0.3, 0.4) is 0 Å². The lowest BCUT2D eigenvalue weighted by atomic mass is 9.94. The molecule has 0 radical (unpaired) electrons. The number of halogens is 3. The maximum absolute atomic E-state index is 15.1. The molecule has 254 valence electrons. The summed E-state index contributed by atoms with van der Waals surface area (Å²) in [6.45, 7) is 4.29. The van der Waals surface area contributed by atoms with Crippen LogP contribution in [0.4, 0.5) is 19.5 Å². The molecule has 4 aromatic rings. The second kappa shape index (κ2) is 12.4. The predicted octanol–water partition coefficient (Wildman–Crippen LogP) is 6.87. The Balaban J connectivity index is 1.37. The summed E-state index contributed by atoms with van der Waals surface area (Å²) in [4.78, 5) is 11.8. The molecule has 0 bridgehead atoms. The van der Waals surface area contributed by atoms with Gasteiger partial charge in [-0.1, -0.05) is 17.7 Å². The second-order valence-electron chi connectivity index (χ2n) is 13.8. The number of anilines is 2. The van der Waals surface area contributed by atoms with Crippen LogP contribution in [0.15, 0.2) is 18.2 Å². The largest absolute Gasteiger partial charge is 0.491 e. The van der Waals surface area contributed by atoms with Gasteiger partial charge in [0.1, 0.15) is 47.0 Å². The standard InChI is InChI=1S/C36H36ClF2N7O2S/c1-44-9-2-5-21(18-44)46-11-4-12-47-32-29-27(13-23(30(32)37)22-6-7-26(39)33-28(22)24(15-40)34(42)49-33)43-35(25(16-41)31(29)46)48-19-36-8-3-10-45(36)17-20(38)14-36/h6-7,13,20-21H,2-5,8-12,14,17-19,42H2,1H3/t20-,21?,36?/m1/s1. The molecule has 49 heavy (non-hydrogen) atoms. The topological polar surface area (TPSA) is 115 Å². The third-order valence-electron chi connectivity index (χ3n) is 10.8. The van der Waals surface area contributed by atoms with Gasteiger partial charge < -0.3 is 25.0 Å². The zero-order chi connectivity index (χ0) is 34.0. The van der Waals surface area contributed by atoms with Crippen LogP contribution in [0.5, 0.6) is 11.6 Å². The van der Waals surface area contributed by atoms with Gasteiger partial charge >= 0.3 is 0 Å². The van der Waals surface area contributed by atoms with Gasteiger partial charge in [-0.15, -0.1) is 11.3 Å². The highest BCUT2D eigenvalue weighted by molar-refractivity contribution is 7.23. The molecule has 2 unspecified atom stereocenters. The summed E-state index contributed by atoms with van der Waals surface area (Å²) in [6.07, 6.45) is 3.91. The number of fused-ring (bicyclic) bond motifs is 2. The summed E-state index contributed by atoms with van der Waals surface area (Å²) >= 11 is 8.29. The summed E-state index contributed by atoms with van der Waals surface area (Å²) in [5.41, 5.74) is 8.41. The van der Waals surface area contributed by atoms with Crippen molar-refractivity contribution in [2.24, 2.45) is 0 Å². The number of alkyl halides is 1. The molecule has 9 nitrogen and oxygen atoms in total. The molecule has 8 rings (SSSR count). The number of benzene rings is 2. The Hall–Kier alpha value is -3.94. The number of nitrogens with zero attached hydrogens (tertiary/aromatic N) is 6. The van der Waals surface area contributed by atoms with E-state index in [4.69, 9.17) is 31.8 Å². The normalized spacial score (nSPS) is 24.3. The van der Waals surface area contributed by atoms with Crippen LogP contribution < -0.4 is 20.1 Å². The van der Waals surface area contributed by atoms with Gasteiger partial charge in [-0.2, -0.15) is 10.5 Å². The van der Waals surface area contributed by atoms with Crippen LogP contribution in [-0.2, 0) is 0 Å². The molecule has 6 heterocycles. The van der Waals surface area contributed by atoms with Gasteiger partial charge in [0.25, 0.3) is 0 Å². The van der Waals surface area contributed by atoms with Crippen molar-refractivity contribution in [2.45, 2.75) is 56.3 Å². The molecule has 0 aliphatic carbocycles. The molecule has 4 aliphatic heterocycles. The Morgan fingerprint density at radius 1 is 1.12 bits per heavy atom. The first kappa shape index (κ1) is 32.3. The van der Waals surface area contributed by atoms with Crippen LogP contribution in [-0.4, -0.2) is 85.5 Å². The summed E-state index contributed by atoms with van der Waals surface area (Å²) in [7, 11) is 2.11. The van der Waals surface area contributed by atoms with Crippen molar-refractivity contribution >= 4 is 54.6 Å². The van der Waals surface area contributed by atoms with E-state index in [-0.39, 0.29) is 38.8 Å². The highest BCUT2D eigenvalue weighted by Gasteiger charge is 2.49. The quantitative estimate of drug-likeness (QED) is 0.238. The predicted molar refractivity (Wildman–Crippen MR) is 188 cm³/mol. The van der Waals surface area contributed by atoms with E-state index in [1.807, 2.05) is 6.07 Å². The van der Waals surface area contributed by atoms with E-state index in [1.165, 1.54) is 6.07 Å². The molecule has 3 saturated heterocycles. The Morgan fingerprint density at radius 2 is 1.96 bits per heavy atom. The first-order valence-electron chi connectivity index (χ1n) is 16.8. The number of thiophene rings is 1. The number of pyridine rings is 1. The van der Waals surface area contributed by atoms with Crippen molar-refractivity contribution in [3.05, 3.63) is 40.2 Å². The lowest BCUT2D eigenvalue weighted by molar-refractivity contribution is 0.110.